The molecule has 0 spiro atoms. The van der Waals surface area contributed by atoms with Crippen LogP contribution >= 0.6 is 0 Å². The van der Waals surface area contributed by atoms with Gasteiger partial charge in [-0.1, -0.05) is 12.1 Å². The highest BCUT2D eigenvalue weighted by molar-refractivity contribution is 7.92. The van der Waals surface area contributed by atoms with Gasteiger partial charge in [-0.15, -0.1) is 0 Å². The van der Waals surface area contributed by atoms with E-state index >= 15 is 0 Å². The Bertz CT molecular complexity index is 839. The van der Waals surface area contributed by atoms with E-state index in [0.29, 0.717) is 26.2 Å². The lowest BCUT2D eigenvalue weighted by Crippen LogP contribution is -2.27. The third-order valence-corrected chi connectivity index (χ3v) is 4.88. The van der Waals surface area contributed by atoms with Crippen LogP contribution in [0.25, 0.3) is 0 Å². The third kappa shape index (κ3) is 5.53. The van der Waals surface area contributed by atoms with E-state index in [0.717, 1.165) is 24.3 Å². The summed E-state index contributed by atoms with van der Waals surface area (Å²) >= 11 is 0. The number of hydrogen-bond donors (Lipinski definition) is 2. The summed E-state index contributed by atoms with van der Waals surface area (Å²) in [4.78, 5) is 12.2. The van der Waals surface area contributed by atoms with Crippen LogP contribution in [-0.2, 0) is 14.8 Å². The number of hydrogen-bond acceptors (Lipinski definition) is 4. The first-order chi connectivity index (χ1) is 12.4. The molecule has 0 fully saturated rings. The van der Waals surface area contributed by atoms with Crippen LogP contribution in [0, 0.1) is 5.82 Å². The maximum Gasteiger partial charge on any atom is 0.261 e. The van der Waals surface area contributed by atoms with Crippen molar-refractivity contribution >= 4 is 21.6 Å². The monoisotopic (exact) mass is 380 g/mol. The third-order valence-electron chi connectivity index (χ3n) is 3.50. The quantitative estimate of drug-likeness (QED) is 0.655. The molecule has 1 amide bonds. The Balaban J connectivity index is 2.10. The zero-order valence-corrected chi connectivity index (χ0v) is 15.2. The Hall–Kier alpha value is -2.45. The SMILES string of the molecule is CCOCCCNC(=O)c1ccccc1NS(=O)(=O)c1ccc(F)cc1. The van der Waals surface area contributed by atoms with Crippen molar-refractivity contribution in [2.45, 2.75) is 18.2 Å². The van der Waals surface area contributed by atoms with Crippen LogP contribution in [0.4, 0.5) is 10.1 Å². The maximum absolute atomic E-state index is 13.0. The first kappa shape index (κ1) is 19.9. The molecule has 0 bridgehead atoms. The largest absolute Gasteiger partial charge is 0.382 e. The fourth-order valence-corrected chi connectivity index (χ4v) is 3.28. The second-order valence-corrected chi connectivity index (χ2v) is 7.09. The fraction of sp³-hybridized carbons (Fsp3) is 0.278. The zero-order chi connectivity index (χ0) is 19.0. The van der Waals surface area contributed by atoms with Crippen molar-refractivity contribution in [3.63, 3.8) is 0 Å². The number of halogens is 1. The molecule has 2 rings (SSSR count). The van der Waals surface area contributed by atoms with Crippen LogP contribution in [0.2, 0.25) is 0 Å². The molecular weight excluding hydrogens is 359 g/mol. The van der Waals surface area contributed by atoms with Gasteiger partial charge in [-0.2, -0.15) is 0 Å². The number of ether oxygens (including phenoxy) is 1. The Labute approximate surface area is 152 Å². The molecule has 26 heavy (non-hydrogen) atoms. The van der Waals surface area contributed by atoms with Crippen LogP contribution in [-0.4, -0.2) is 34.1 Å². The smallest absolute Gasteiger partial charge is 0.261 e. The van der Waals surface area contributed by atoms with E-state index in [1.165, 1.54) is 12.1 Å². The zero-order valence-electron chi connectivity index (χ0n) is 14.4. The predicted octanol–water partition coefficient (Wildman–Crippen LogP) is 2.78. The lowest BCUT2D eigenvalue weighted by atomic mass is 10.1. The summed E-state index contributed by atoms with van der Waals surface area (Å²) in [5, 5.41) is 2.73. The number of anilines is 1. The summed E-state index contributed by atoms with van der Waals surface area (Å²) in [6, 6.07) is 10.7. The number of rotatable bonds is 9. The molecule has 0 heterocycles. The molecule has 140 valence electrons. The second-order valence-electron chi connectivity index (χ2n) is 5.41. The van der Waals surface area contributed by atoms with Gasteiger partial charge in [0.1, 0.15) is 5.82 Å². The summed E-state index contributed by atoms with van der Waals surface area (Å²) in [6.45, 7) is 3.46. The summed E-state index contributed by atoms with van der Waals surface area (Å²) < 4.78 is 45.4. The number of benzene rings is 2. The van der Waals surface area contributed by atoms with Gasteiger partial charge in [-0.25, -0.2) is 12.8 Å². The van der Waals surface area contributed by atoms with Crippen LogP contribution in [0.3, 0.4) is 0 Å². The van der Waals surface area contributed by atoms with Gasteiger partial charge in [-0.3, -0.25) is 9.52 Å². The van der Waals surface area contributed by atoms with Crippen LogP contribution < -0.4 is 10.0 Å². The molecule has 0 aliphatic heterocycles. The number of amides is 1. The summed E-state index contributed by atoms with van der Waals surface area (Å²) in [7, 11) is -3.94. The van der Waals surface area contributed by atoms with Crippen molar-refractivity contribution in [3.05, 3.63) is 59.9 Å². The lowest BCUT2D eigenvalue weighted by molar-refractivity contribution is 0.0945. The average Bonchev–Trinajstić information content (AvgIpc) is 2.62. The molecule has 0 atom stereocenters. The predicted molar refractivity (Wildman–Crippen MR) is 97.1 cm³/mol. The van der Waals surface area contributed by atoms with Crippen molar-refractivity contribution in [2.75, 3.05) is 24.5 Å². The van der Waals surface area contributed by atoms with Crippen LogP contribution in [0.1, 0.15) is 23.7 Å². The molecule has 2 N–H and O–H groups in total. The summed E-state index contributed by atoms with van der Waals surface area (Å²) in [6.07, 6.45) is 0.656. The van der Waals surface area contributed by atoms with Crippen molar-refractivity contribution in [1.82, 2.24) is 5.32 Å². The second kappa shape index (κ2) is 9.30. The van der Waals surface area contributed by atoms with Gasteiger partial charge in [0.25, 0.3) is 15.9 Å². The molecule has 6 nitrogen and oxygen atoms in total. The van der Waals surface area contributed by atoms with Gasteiger partial charge < -0.3 is 10.1 Å². The number of sulfonamides is 1. The Kier molecular flexibility index (Phi) is 7.11. The molecule has 2 aromatic rings. The lowest BCUT2D eigenvalue weighted by Gasteiger charge is -2.13. The first-order valence-electron chi connectivity index (χ1n) is 8.17. The van der Waals surface area contributed by atoms with Crippen molar-refractivity contribution in [1.29, 1.82) is 0 Å². The topological polar surface area (TPSA) is 84.5 Å². The minimum absolute atomic E-state index is 0.0918. The molecule has 0 aliphatic rings. The highest BCUT2D eigenvalue weighted by atomic mass is 32.2. The van der Waals surface area contributed by atoms with Crippen molar-refractivity contribution < 1.29 is 22.3 Å². The molecule has 0 saturated heterocycles. The maximum atomic E-state index is 13.0. The van der Waals surface area contributed by atoms with E-state index in [4.69, 9.17) is 4.74 Å². The van der Waals surface area contributed by atoms with E-state index < -0.39 is 15.8 Å². The minimum Gasteiger partial charge on any atom is -0.382 e. The van der Waals surface area contributed by atoms with Gasteiger partial charge in [0.05, 0.1) is 16.1 Å². The van der Waals surface area contributed by atoms with Crippen molar-refractivity contribution in [2.24, 2.45) is 0 Å². The van der Waals surface area contributed by atoms with Gasteiger partial charge in [0, 0.05) is 19.8 Å². The minimum atomic E-state index is -3.94. The van der Waals surface area contributed by atoms with E-state index in [-0.39, 0.29) is 22.1 Å². The normalized spacial score (nSPS) is 11.2. The van der Waals surface area contributed by atoms with Crippen molar-refractivity contribution in [3.8, 4) is 0 Å². The summed E-state index contributed by atoms with van der Waals surface area (Å²) in [5.74, 6) is -0.922. The van der Waals surface area contributed by atoms with E-state index in [1.54, 1.807) is 12.1 Å². The first-order valence-corrected chi connectivity index (χ1v) is 9.65. The Morgan fingerprint density at radius 1 is 1.12 bits per heavy atom. The summed E-state index contributed by atoms with van der Waals surface area (Å²) in [5.41, 5.74) is 0.355. The molecule has 2 aromatic carbocycles. The molecular formula is C18H21FN2O4S. The van der Waals surface area contributed by atoms with Crippen LogP contribution in [0.5, 0.6) is 0 Å². The fourth-order valence-electron chi connectivity index (χ4n) is 2.20. The number of carbonyl (C=O) groups excluding carboxylic acids is 1. The number of nitrogens with one attached hydrogen (secondary N) is 2. The Morgan fingerprint density at radius 2 is 1.81 bits per heavy atom. The molecule has 0 aromatic heterocycles. The molecule has 0 aliphatic carbocycles. The molecule has 0 unspecified atom stereocenters. The van der Waals surface area contributed by atoms with Gasteiger partial charge in [0.15, 0.2) is 0 Å². The molecule has 8 heteroatoms. The van der Waals surface area contributed by atoms with E-state index in [2.05, 4.69) is 10.0 Å². The Morgan fingerprint density at radius 3 is 2.50 bits per heavy atom. The van der Waals surface area contributed by atoms with Crippen LogP contribution in [0.15, 0.2) is 53.4 Å². The number of carbonyl (C=O) groups is 1. The number of para-hydroxylation sites is 1. The highest BCUT2D eigenvalue weighted by Crippen LogP contribution is 2.20. The van der Waals surface area contributed by atoms with Gasteiger partial charge in [0.2, 0.25) is 0 Å². The van der Waals surface area contributed by atoms with Gasteiger partial charge >= 0.3 is 0 Å². The van der Waals surface area contributed by atoms with E-state index in [9.17, 15) is 17.6 Å². The molecule has 0 saturated carbocycles. The highest BCUT2D eigenvalue weighted by Gasteiger charge is 2.18. The van der Waals surface area contributed by atoms with Gasteiger partial charge in [-0.05, 0) is 49.7 Å². The molecule has 0 radical (unpaired) electrons. The van der Waals surface area contributed by atoms with E-state index in [1.807, 2.05) is 6.92 Å². The average molecular weight is 380 g/mol. The standard InChI is InChI=1S/C18H21FN2O4S/c1-2-25-13-5-12-20-18(22)16-6-3-4-7-17(16)21-26(23,24)15-10-8-14(19)9-11-15/h3-4,6-11,21H,2,5,12-13H2,1H3,(H,20,22).